The average Bonchev–Trinajstić information content (AvgIpc) is 2.57. The van der Waals surface area contributed by atoms with Crippen molar-refractivity contribution < 1.29 is 19.1 Å². The summed E-state index contributed by atoms with van der Waals surface area (Å²) in [6.07, 6.45) is 5.37. The summed E-state index contributed by atoms with van der Waals surface area (Å²) in [5.74, 6) is 0.371. The van der Waals surface area contributed by atoms with Gasteiger partial charge < -0.3 is 14.8 Å². The van der Waals surface area contributed by atoms with Crippen LogP contribution in [0.1, 0.15) is 52.4 Å². The highest BCUT2D eigenvalue weighted by atomic mass is 16.5. The van der Waals surface area contributed by atoms with Crippen molar-refractivity contribution >= 4 is 17.6 Å². The molecule has 0 bridgehead atoms. The lowest BCUT2D eigenvalue weighted by atomic mass is 9.87. The zero-order valence-electron chi connectivity index (χ0n) is 14.5. The van der Waals surface area contributed by atoms with Crippen LogP contribution >= 0.6 is 0 Å². The third-order valence-electron chi connectivity index (χ3n) is 4.30. The van der Waals surface area contributed by atoms with Gasteiger partial charge in [0.1, 0.15) is 5.75 Å². The largest absolute Gasteiger partial charge is 0.492 e. The zero-order chi connectivity index (χ0) is 17.4. The number of ether oxygens (including phenoxy) is 2. The van der Waals surface area contributed by atoms with Crippen LogP contribution in [0.3, 0.4) is 0 Å². The summed E-state index contributed by atoms with van der Waals surface area (Å²) < 4.78 is 10.8. The van der Waals surface area contributed by atoms with E-state index in [2.05, 4.69) is 5.32 Å². The summed E-state index contributed by atoms with van der Waals surface area (Å²) in [5.41, 5.74) is 0.583. The van der Waals surface area contributed by atoms with E-state index in [0.29, 0.717) is 30.4 Å². The third-order valence-corrected chi connectivity index (χ3v) is 4.30. The van der Waals surface area contributed by atoms with Crippen molar-refractivity contribution in [1.82, 2.24) is 0 Å². The van der Waals surface area contributed by atoms with Crippen LogP contribution in [0.4, 0.5) is 5.69 Å². The number of carbonyl (C=O) groups excluding carboxylic acids is 2. The molecule has 1 unspecified atom stereocenters. The zero-order valence-corrected chi connectivity index (χ0v) is 14.5. The lowest BCUT2D eigenvalue weighted by Gasteiger charge is -2.21. The van der Waals surface area contributed by atoms with Crippen molar-refractivity contribution in [3.8, 4) is 5.75 Å². The summed E-state index contributed by atoms with van der Waals surface area (Å²) in [5, 5.41) is 2.76. The van der Waals surface area contributed by atoms with Crippen LogP contribution in [-0.2, 0) is 14.3 Å². The van der Waals surface area contributed by atoms with Gasteiger partial charge in [0, 0.05) is 6.42 Å². The number of benzene rings is 1. The molecule has 1 N–H and O–H groups in total. The van der Waals surface area contributed by atoms with E-state index < -0.39 is 6.10 Å². The quantitative estimate of drug-likeness (QED) is 0.768. The molecule has 0 aliphatic heterocycles. The van der Waals surface area contributed by atoms with Gasteiger partial charge in [-0.25, -0.2) is 0 Å². The van der Waals surface area contributed by atoms with E-state index in [1.54, 1.807) is 19.1 Å². The van der Waals surface area contributed by atoms with E-state index in [-0.39, 0.29) is 11.9 Å². The summed E-state index contributed by atoms with van der Waals surface area (Å²) >= 11 is 0. The lowest BCUT2D eigenvalue weighted by Crippen LogP contribution is -2.30. The first-order chi connectivity index (χ1) is 11.6. The highest BCUT2D eigenvalue weighted by Gasteiger charge is 2.22. The molecule has 1 aromatic rings. The molecule has 1 fully saturated rings. The van der Waals surface area contributed by atoms with Crippen LogP contribution in [0, 0.1) is 5.92 Å². The first kappa shape index (κ1) is 18.3. The van der Waals surface area contributed by atoms with Gasteiger partial charge in [0.2, 0.25) is 0 Å². The molecule has 0 radical (unpaired) electrons. The minimum atomic E-state index is -0.823. The number of hydrogen-bond acceptors (Lipinski definition) is 4. The Bertz CT molecular complexity index is 552. The molecule has 132 valence electrons. The molecule has 1 aliphatic carbocycles. The Morgan fingerprint density at radius 2 is 1.92 bits per heavy atom. The van der Waals surface area contributed by atoms with Gasteiger partial charge >= 0.3 is 5.97 Å². The van der Waals surface area contributed by atoms with Gasteiger partial charge in [0.15, 0.2) is 6.10 Å². The maximum atomic E-state index is 12.3. The van der Waals surface area contributed by atoms with Gasteiger partial charge in [0.25, 0.3) is 5.91 Å². The summed E-state index contributed by atoms with van der Waals surface area (Å²) in [6, 6.07) is 7.21. The number of rotatable bonds is 7. The third kappa shape index (κ3) is 5.55. The molecule has 1 aromatic carbocycles. The Balaban J connectivity index is 1.84. The Morgan fingerprint density at radius 1 is 1.21 bits per heavy atom. The van der Waals surface area contributed by atoms with Crippen LogP contribution in [0.25, 0.3) is 0 Å². The van der Waals surface area contributed by atoms with E-state index in [1.165, 1.54) is 19.3 Å². The van der Waals surface area contributed by atoms with Crippen LogP contribution < -0.4 is 10.1 Å². The van der Waals surface area contributed by atoms with E-state index in [9.17, 15) is 9.59 Å². The SMILES string of the molecule is CCOc1ccccc1NC(=O)C(C)OC(=O)CC1CCCCC1. The summed E-state index contributed by atoms with van der Waals surface area (Å²) in [6.45, 7) is 3.99. The molecule has 1 atom stereocenters. The Labute approximate surface area is 143 Å². The summed E-state index contributed by atoms with van der Waals surface area (Å²) in [4.78, 5) is 24.3. The number of anilines is 1. The van der Waals surface area contributed by atoms with Gasteiger partial charge in [-0.1, -0.05) is 31.4 Å². The standard InChI is InChI=1S/C19H27NO4/c1-3-23-17-12-8-7-11-16(17)20-19(22)14(2)24-18(21)13-15-9-5-4-6-10-15/h7-8,11-12,14-15H,3-6,9-10,13H2,1-2H3,(H,20,22). The van der Waals surface area contributed by atoms with Gasteiger partial charge in [-0.15, -0.1) is 0 Å². The maximum absolute atomic E-state index is 12.3. The molecule has 5 heteroatoms. The second kappa shape index (κ2) is 9.30. The van der Waals surface area contributed by atoms with Gasteiger partial charge in [0.05, 0.1) is 12.3 Å². The molecular weight excluding hydrogens is 306 g/mol. The van der Waals surface area contributed by atoms with Crippen molar-refractivity contribution in [2.75, 3.05) is 11.9 Å². The highest BCUT2D eigenvalue weighted by Crippen LogP contribution is 2.27. The molecule has 1 amide bonds. The molecule has 0 saturated heterocycles. The van der Waals surface area contributed by atoms with Gasteiger partial charge in [-0.3, -0.25) is 9.59 Å². The first-order valence-electron chi connectivity index (χ1n) is 8.82. The topological polar surface area (TPSA) is 64.6 Å². The lowest BCUT2D eigenvalue weighted by molar-refractivity contribution is -0.154. The Morgan fingerprint density at radius 3 is 2.62 bits per heavy atom. The molecule has 5 nitrogen and oxygen atoms in total. The fourth-order valence-corrected chi connectivity index (χ4v) is 3.01. The van der Waals surface area contributed by atoms with Crippen LogP contribution in [0.15, 0.2) is 24.3 Å². The average molecular weight is 333 g/mol. The molecule has 0 heterocycles. The van der Waals surface area contributed by atoms with E-state index in [4.69, 9.17) is 9.47 Å². The smallest absolute Gasteiger partial charge is 0.306 e. The van der Waals surface area contributed by atoms with E-state index in [0.717, 1.165) is 12.8 Å². The van der Waals surface area contributed by atoms with Crippen molar-refractivity contribution in [2.45, 2.75) is 58.5 Å². The fraction of sp³-hybridized carbons (Fsp3) is 0.579. The monoisotopic (exact) mass is 333 g/mol. The molecule has 2 rings (SSSR count). The van der Waals surface area contributed by atoms with Crippen molar-refractivity contribution in [3.63, 3.8) is 0 Å². The first-order valence-corrected chi connectivity index (χ1v) is 8.82. The van der Waals surface area contributed by atoms with Crippen LogP contribution in [0.2, 0.25) is 0 Å². The molecule has 1 saturated carbocycles. The minimum absolute atomic E-state index is 0.289. The molecule has 24 heavy (non-hydrogen) atoms. The van der Waals surface area contributed by atoms with Gasteiger partial charge in [-0.2, -0.15) is 0 Å². The van der Waals surface area contributed by atoms with Crippen molar-refractivity contribution in [1.29, 1.82) is 0 Å². The maximum Gasteiger partial charge on any atom is 0.306 e. The van der Waals surface area contributed by atoms with Crippen molar-refractivity contribution in [3.05, 3.63) is 24.3 Å². The minimum Gasteiger partial charge on any atom is -0.492 e. The number of amides is 1. The predicted octanol–water partition coefficient (Wildman–Crippen LogP) is 3.93. The highest BCUT2D eigenvalue weighted by molar-refractivity contribution is 5.96. The Hall–Kier alpha value is -2.04. The predicted molar refractivity (Wildman–Crippen MR) is 93.0 cm³/mol. The number of hydrogen-bond donors (Lipinski definition) is 1. The van der Waals surface area contributed by atoms with E-state index >= 15 is 0 Å². The van der Waals surface area contributed by atoms with Gasteiger partial charge in [-0.05, 0) is 44.7 Å². The normalized spacial score (nSPS) is 16.2. The number of para-hydroxylation sites is 2. The van der Waals surface area contributed by atoms with Crippen molar-refractivity contribution in [2.24, 2.45) is 5.92 Å². The van der Waals surface area contributed by atoms with E-state index in [1.807, 2.05) is 19.1 Å². The molecule has 0 aromatic heterocycles. The second-order valence-corrected chi connectivity index (χ2v) is 6.26. The molecule has 0 spiro atoms. The second-order valence-electron chi connectivity index (χ2n) is 6.26. The van der Waals surface area contributed by atoms with Crippen LogP contribution in [0.5, 0.6) is 5.75 Å². The fourth-order valence-electron chi connectivity index (χ4n) is 3.01. The van der Waals surface area contributed by atoms with Crippen LogP contribution in [-0.4, -0.2) is 24.6 Å². The summed E-state index contributed by atoms with van der Waals surface area (Å²) in [7, 11) is 0. The Kier molecular flexibility index (Phi) is 7.09. The molecule has 1 aliphatic rings. The number of nitrogens with one attached hydrogen (secondary N) is 1. The number of carbonyl (C=O) groups is 2. The molecular formula is C19H27NO4. The number of esters is 1.